The number of rotatable bonds is 5. The summed E-state index contributed by atoms with van der Waals surface area (Å²) in [6, 6.07) is 11.8. The summed E-state index contributed by atoms with van der Waals surface area (Å²) >= 11 is 0. The van der Waals surface area contributed by atoms with E-state index in [0.29, 0.717) is 12.3 Å². The van der Waals surface area contributed by atoms with Gasteiger partial charge in [-0.05, 0) is 24.5 Å². The summed E-state index contributed by atoms with van der Waals surface area (Å²) in [6.45, 7) is 0.335. The fraction of sp³-hybridized carbons (Fsp3) is 0.312. The molecule has 0 atom stereocenters. The molecule has 1 aromatic heterocycles. The highest BCUT2D eigenvalue weighted by Gasteiger charge is 2.34. The van der Waals surface area contributed by atoms with E-state index in [1.54, 1.807) is 11.2 Å². The molecule has 1 aromatic carbocycles. The van der Waals surface area contributed by atoms with Gasteiger partial charge < -0.3 is 14.4 Å². The van der Waals surface area contributed by atoms with Gasteiger partial charge in [-0.2, -0.15) is 0 Å². The first-order chi connectivity index (χ1) is 9.81. The normalized spacial score (nSPS) is 14.2. The van der Waals surface area contributed by atoms with Crippen LogP contribution < -0.4 is 0 Å². The third-order valence-corrected chi connectivity index (χ3v) is 3.53. The second-order valence-electron chi connectivity index (χ2n) is 4.98. The molecule has 1 aliphatic rings. The number of aliphatic hydroxyl groups excluding tert-OH is 1. The van der Waals surface area contributed by atoms with Crippen LogP contribution in [0, 0.1) is 0 Å². The Morgan fingerprint density at radius 2 is 2.00 bits per heavy atom. The number of aliphatic hydroxyl groups is 1. The quantitative estimate of drug-likeness (QED) is 0.909. The number of nitrogens with zero attached hydrogens (tertiary/aromatic N) is 1. The molecule has 2 aromatic rings. The van der Waals surface area contributed by atoms with E-state index in [4.69, 9.17) is 9.52 Å². The number of hydrogen-bond acceptors (Lipinski definition) is 3. The van der Waals surface area contributed by atoms with Crippen molar-refractivity contribution in [1.82, 2.24) is 4.90 Å². The van der Waals surface area contributed by atoms with Crippen LogP contribution in [0.15, 0.2) is 47.1 Å². The van der Waals surface area contributed by atoms with Crippen LogP contribution in [0.4, 0.5) is 0 Å². The van der Waals surface area contributed by atoms with Gasteiger partial charge in [-0.15, -0.1) is 0 Å². The smallest absolute Gasteiger partial charge is 0.290 e. The number of carbonyl (C=O) groups is 1. The SMILES string of the molecule is O=C(c1occc1-c1ccccc1)N(CCO)C1CC1. The lowest BCUT2D eigenvalue weighted by Gasteiger charge is -2.20. The summed E-state index contributed by atoms with van der Waals surface area (Å²) in [5.74, 6) is 0.224. The van der Waals surface area contributed by atoms with E-state index in [0.717, 1.165) is 24.0 Å². The van der Waals surface area contributed by atoms with Gasteiger partial charge in [0.05, 0.1) is 12.9 Å². The van der Waals surface area contributed by atoms with E-state index < -0.39 is 0 Å². The van der Waals surface area contributed by atoms with Crippen LogP contribution in [0.2, 0.25) is 0 Å². The average molecular weight is 271 g/mol. The molecule has 0 aliphatic heterocycles. The molecule has 0 saturated heterocycles. The predicted molar refractivity (Wildman–Crippen MR) is 75.3 cm³/mol. The summed E-state index contributed by atoms with van der Waals surface area (Å²) in [5, 5.41) is 9.12. The minimum Gasteiger partial charge on any atom is -0.459 e. The summed E-state index contributed by atoms with van der Waals surface area (Å²) < 4.78 is 5.41. The highest BCUT2D eigenvalue weighted by Crippen LogP contribution is 2.31. The largest absolute Gasteiger partial charge is 0.459 e. The van der Waals surface area contributed by atoms with Crippen molar-refractivity contribution in [3.05, 3.63) is 48.4 Å². The Balaban J connectivity index is 1.90. The number of amides is 1. The van der Waals surface area contributed by atoms with Gasteiger partial charge in [0.25, 0.3) is 5.91 Å². The van der Waals surface area contributed by atoms with Crippen molar-refractivity contribution < 1.29 is 14.3 Å². The molecule has 1 N–H and O–H groups in total. The van der Waals surface area contributed by atoms with E-state index in [2.05, 4.69) is 0 Å². The lowest BCUT2D eigenvalue weighted by molar-refractivity contribution is 0.0677. The monoisotopic (exact) mass is 271 g/mol. The number of carbonyl (C=O) groups excluding carboxylic acids is 1. The minimum atomic E-state index is -0.134. The highest BCUT2D eigenvalue weighted by molar-refractivity contribution is 5.98. The van der Waals surface area contributed by atoms with Gasteiger partial charge in [-0.25, -0.2) is 0 Å². The van der Waals surface area contributed by atoms with E-state index >= 15 is 0 Å². The Morgan fingerprint density at radius 3 is 2.65 bits per heavy atom. The first-order valence-corrected chi connectivity index (χ1v) is 6.86. The Hall–Kier alpha value is -2.07. The summed E-state index contributed by atoms with van der Waals surface area (Å²) in [5.41, 5.74) is 1.77. The first kappa shape index (κ1) is 12.9. The topological polar surface area (TPSA) is 53.7 Å². The fourth-order valence-electron chi connectivity index (χ4n) is 2.39. The van der Waals surface area contributed by atoms with E-state index in [1.807, 2.05) is 36.4 Å². The summed E-state index contributed by atoms with van der Waals surface area (Å²) in [4.78, 5) is 14.3. The zero-order valence-corrected chi connectivity index (χ0v) is 11.2. The van der Waals surface area contributed by atoms with Gasteiger partial charge in [0, 0.05) is 18.2 Å². The number of furan rings is 1. The van der Waals surface area contributed by atoms with Gasteiger partial charge in [0.2, 0.25) is 0 Å². The molecule has 0 bridgehead atoms. The van der Waals surface area contributed by atoms with E-state index in [9.17, 15) is 4.79 Å². The molecule has 1 amide bonds. The van der Waals surface area contributed by atoms with Crippen molar-refractivity contribution in [2.45, 2.75) is 18.9 Å². The van der Waals surface area contributed by atoms with Gasteiger partial charge in [0.15, 0.2) is 5.76 Å². The summed E-state index contributed by atoms with van der Waals surface area (Å²) in [7, 11) is 0. The van der Waals surface area contributed by atoms with Crippen molar-refractivity contribution in [1.29, 1.82) is 0 Å². The molecule has 4 heteroatoms. The fourth-order valence-corrected chi connectivity index (χ4v) is 2.39. The molecule has 0 unspecified atom stereocenters. The number of benzene rings is 1. The second-order valence-corrected chi connectivity index (χ2v) is 4.98. The maximum atomic E-state index is 12.6. The van der Waals surface area contributed by atoms with E-state index in [-0.39, 0.29) is 18.6 Å². The average Bonchev–Trinajstić information content (AvgIpc) is 3.20. The van der Waals surface area contributed by atoms with Crippen molar-refractivity contribution in [2.75, 3.05) is 13.2 Å². The maximum Gasteiger partial charge on any atom is 0.290 e. The standard InChI is InChI=1S/C16H17NO3/c18-10-9-17(13-6-7-13)16(19)15-14(8-11-20-15)12-4-2-1-3-5-12/h1-5,8,11,13,18H,6-7,9-10H2. The van der Waals surface area contributed by atoms with E-state index in [1.165, 1.54) is 0 Å². The maximum absolute atomic E-state index is 12.6. The summed E-state index contributed by atoms with van der Waals surface area (Å²) in [6.07, 6.45) is 3.56. The lowest BCUT2D eigenvalue weighted by Crippen LogP contribution is -2.35. The molecule has 1 saturated carbocycles. The van der Waals surface area contributed by atoms with Crippen molar-refractivity contribution in [3.63, 3.8) is 0 Å². The Kier molecular flexibility index (Phi) is 3.56. The lowest BCUT2D eigenvalue weighted by atomic mass is 10.1. The molecular weight excluding hydrogens is 254 g/mol. The minimum absolute atomic E-state index is 0.0242. The molecule has 3 rings (SSSR count). The Morgan fingerprint density at radius 1 is 1.25 bits per heavy atom. The van der Waals surface area contributed by atoms with Crippen LogP contribution in [0.25, 0.3) is 11.1 Å². The second kappa shape index (κ2) is 5.51. The van der Waals surface area contributed by atoms with Gasteiger partial charge in [0.1, 0.15) is 0 Å². The molecule has 0 radical (unpaired) electrons. The number of hydrogen-bond donors (Lipinski definition) is 1. The Bertz CT molecular complexity index is 587. The van der Waals surface area contributed by atoms with Crippen LogP contribution in [-0.4, -0.2) is 35.1 Å². The molecular formula is C16H17NO3. The molecule has 1 heterocycles. The predicted octanol–water partition coefficient (Wildman–Crippen LogP) is 2.54. The van der Waals surface area contributed by atoms with Gasteiger partial charge in [-0.1, -0.05) is 30.3 Å². The molecule has 104 valence electrons. The first-order valence-electron chi connectivity index (χ1n) is 6.86. The molecule has 1 aliphatic carbocycles. The van der Waals surface area contributed by atoms with Crippen molar-refractivity contribution >= 4 is 5.91 Å². The van der Waals surface area contributed by atoms with Crippen LogP contribution in [0.1, 0.15) is 23.4 Å². The van der Waals surface area contributed by atoms with Crippen LogP contribution in [0.3, 0.4) is 0 Å². The van der Waals surface area contributed by atoms with Gasteiger partial charge in [-0.3, -0.25) is 4.79 Å². The van der Waals surface area contributed by atoms with Crippen LogP contribution in [-0.2, 0) is 0 Å². The Labute approximate surface area is 117 Å². The third kappa shape index (κ3) is 2.47. The molecule has 1 fully saturated rings. The van der Waals surface area contributed by atoms with Crippen LogP contribution >= 0.6 is 0 Å². The highest BCUT2D eigenvalue weighted by atomic mass is 16.3. The zero-order chi connectivity index (χ0) is 13.9. The zero-order valence-electron chi connectivity index (χ0n) is 11.2. The van der Waals surface area contributed by atoms with Crippen LogP contribution in [0.5, 0.6) is 0 Å². The molecule has 0 spiro atoms. The molecule has 4 nitrogen and oxygen atoms in total. The molecule has 20 heavy (non-hydrogen) atoms. The third-order valence-electron chi connectivity index (χ3n) is 3.53. The van der Waals surface area contributed by atoms with Crippen molar-refractivity contribution in [2.24, 2.45) is 0 Å². The van der Waals surface area contributed by atoms with Crippen molar-refractivity contribution in [3.8, 4) is 11.1 Å². The van der Waals surface area contributed by atoms with Gasteiger partial charge >= 0.3 is 0 Å².